The minimum absolute atomic E-state index is 0. The predicted octanol–water partition coefficient (Wildman–Crippen LogP) is 9.03. The number of allylic oxidation sites excluding steroid dienone is 2. The molecular formula is C54H94N8O5. The van der Waals surface area contributed by atoms with Crippen LogP contribution in [0.3, 0.4) is 0 Å². The highest BCUT2D eigenvalue weighted by atomic mass is 16.2. The van der Waals surface area contributed by atoms with E-state index in [9.17, 15) is 24.0 Å². The maximum absolute atomic E-state index is 11.6. The molecule has 0 spiro atoms. The topological polar surface area (TPSA) is 202 Å². The highest BCUT2D eigenvalue weighted by Gasteiger charge is 2.17. The fourth-order valence-electron chi connectivity index (χ4n) is 6.12. The molecule has 1 amide bonds. The van der Waals surface area contributed by atoms with Crippen molar-refractivity contribution in [3.8, 4) is 0 Å². The van der Waals surface area contributed by atoms with Gasteiger partial charge in [0.2, 0.25) is 5.91 Å². The molecule has 0 bridgehead atoms. The minimum Gasteiger partial charge on any atom is -0.386 e. The van der Waals surface area contributed by atoms with Crippen LogP contribution < -0.4 is 27.4 Å². The number of fused-ring (bicyclic) bond motifs is 1. The zero-order valence-corrected chi connectivity index (χ0v) is 42.5. The summed E-state index contributed by atoms with van der Waals surface area (Å²) >= 11 is 0. The molecule has 1 aliphatic carbocycles. The van der Waals surface area contributed by atoms with E-state index < -0.39 is 0 Å². The van der Waals surface area contributed by atoms with E-state index in [0.717, 1.165) is 88.8 Å². The molecule has 1 aliphatic rings. The first-order valence-electron chi connectivity index (χ1n) is 23.5. The summed E-state index contributed by atoms with van der Waals surface area (Å²) in [6.45, 7) is 24.6. The Morgan fingerprint density at radius 2 is 1.27 bits per heavy atom. The first-order valence-corrected chi connectivity index (χ1v) is 23.5. The number of carbonyl (C=O) groups excluding carboxylic acids is 5. The summed E-state index contributed by atoms with van der Waals surface area (Å²) in [6, 6.07) is 18.1. The fourth-order valence-corrected chi connectivity index (χ4v) is 6.12. The maximum atomic E-state index is 11.6. The van der Waals surface area contributed by atoms with E-state index >= 15 is 0 Å². The SMILES string of the molecule is C=C(N)NCCCC(C)C(C)=O.C=C(N)NCCCCC(=O)N(C)CCNC.CC(=O)C(C)CC1=CCc2ccccc21.CC(=O)C(C)Cc1ccccn1.CC(=O)C(C)Cc1cccnc1.[2HH].[2HH].[2HH].[2HH].[2HH]. The van der Waals surface area contributed by atoms with Crippen molar-refractivity contribution in [2.24, 2.45) is 35.1 Å². The molecule has 2 aromatic heterocycles. The van der Waals surface area contributed by atoms with Gasteiger partial charge in [0, 0.05) is 94.7 Å². The molecule has 13 nitrogen and oxygen atoms in total. The van der Waals surface area contributed by atoms with Crippen molar-refractivity contribution < 1.29 is 31.1 Å². The molecule has 4 unspecified atom stereocenters. The number of aromatic nitrogens is 2. The first-order chi connectivity index (χ1) is 31.7. The molecule has 0 saturated carbocycles. The van der Waals surface area contributed by atoms with Gasteiger partial charge < -0.3 is 32.3 Å². The number of rotatable bonds is 24. The van der Waals surface area contributed by atoms with Crippen LogP contribution in [0.25, 0.3) is 5.57 Å². The van der Waals surface area contributed by atoms with E-state index in [1.54, 1.807) is 51.2 Å². The van der Waals surface area contributed by atoms with Gasteiger partial charge in [0.05, 0.1) is 11.6 Å². The lowest BCUT2D eigenvalue weighted by Gasteiger charge is -2.16. The second-order valence-electron chi connectivity index (χ2n) is 17.4. The van der Waals surface area contributed by atoms with Crippen LogP contribution in [-0.4, -0.2) is 84.2 Å². The summed E-state index contributed by atoms with van der Waals surface area (Å²) in [7, 11) is 3.71. The lowest BCUT2D eigenvalue weighted by molar-refractivity contribution is -0.130. The summed E-state index contributed by atoms with van der Waals surface area (Å²) in [5.41, 5.74) is 16.8. The van der Waals surface area contributed by atoms with Gasteiger partial charge in [0.25, 0.3) is 0 Å². The lowest BCUT2D eigenvalue weighted by Crippen LogP contribution is -2.32. The Labute approximate surface area is 410 Å². The van der Waals surface area contributed by atoms with Crippen LogP contribution in [0.1, 0.15) is 123 Å². The van der Waals surface area contributed by atoms with Gasteiger partial charge in [-0.1, -0.05) is 83.3 Å². The van der Waals surface area contributed by atoms with Gasteiger partial charge in [0.15, 0.2) is 0 Å². The molecule has 4 atom stereocenters. The van der Waals surface area contributed by atoms with Crippen molar-refractivity contribution in [2.75, 3.05) is 40.3 Å². The van der Waals surface area contributed by atoms with Crippen molar-refractivity contribution in [1.29, 1.82) is 0 Å². The van der Waals surface area contributed by atoms with Gasteiger partial charge >= 0.3 is 0 Å². The zero-order valence-electron chi connectivity index (χ0n) is 42.5. The number of nitrogens with zero attached hydrogens (tertiary/aromatic N) is 3. The van der Waals surface area contributed by atoms with Gasteiger partial charge in [-0.25, -0.2) is 0 Å². The average molecular weight is 940 g/mol. The number of Topliss-reactive ketones (excluding diaryl/α,β-unsaturated/α-hetero) is 4. The second kappa shape index (κ2) is 36.2. The molecule has 1 aromatic carbocycles. The van der Waals surface area contributed by atoms with Crippen molar-refractivity contribution in [3.63, 3.8) is 0 Å². The highest BCUT2D eigenvalue weighted by Crippen LogP contribution is 2.31. The number of ketones is 4. The molecule has 0 fully saturated rings. The van der Waals surface area contributed by atoms with Crippen LogP contribution in [0.15, 0.2) is 104 Å². The smallest absolute Gasteiger partial charge is 0.222 e. The Balaban J connectivity index is -0.000000187. The monoisotopic (exact) mass is 940 g/mol. The zero-order chi connectivity index (χ0) is 50.7. The van der Waals surface area contributed by atoms with Crippen LogP contribution in [-0.2, 0) is 43.2 Å². The van der Waals surface area contributed by atoms with Gasteiger partial charge in [-0.05, 0) is 127 Å². The highest BCUT2D eigenvalue weighted by molar-refractivity contribution is 5.82. The van der Waals surface area contributed by atoms with E-state index in [1.165, 1.54) is 16.7 Å². The summed E-state index contributed by atoms with van der Waals surface area (Å²) < 4.78 is 0. The molecule has 380 valence electrons. The van der Waals surface area contributed by atoms with E-state index in [1.807, 2.05) is 72.1 Å². The standard InChI is InChI=1S/C14H16O.C11H24N4O.2C10H13NO.C9H18N2O.5H2/c1-10(11(2)15)9-13-8-7-12-5-3-4-6-14(12)13;1-10(12)14-7-5-4-6-11(16)15(3)9-8-13-2;1-8(9(2)12)6-10-4-3-5-11-7-10;1-8(9(2)12)7-10-5-3-4-6-11-10;1-7(8(2)12)5-4-6-11-9(3)10;;;;;/h3-6,8,10H,7,9H2,1-2H3;13-14H,1,4-9,12H2,2-3H3;3-5,7-8H,6H2,1-2H3;3-6,8H,7H2,1-2H3;7,11H,3-6,10H2,1-2H3;5*1H/i;;;;;5*1+1. The molecule has 7 N–H and O–H groups in total. The number of hydrogen-bond donors (Lipinski definition) is 5. The molecule has 13 heteroatoms. The number of amides is 1. The molecule has 0 saturated heterocycles. The van der Waals surface area contributed by atoms with Gasteiger partial charge in [-0.15, -0.1) is 0 Å². The van der Waals surface area contributed by atoms with E-state index in [4.69, 9.17) is 11.5 Å². The van der Waals surface area contributed by atoms with Crippen LogP contribution in [0.2, 0.25) is 0 Å². The van der Waals surface area contributed by atoms with Crippen molar-refractivity contribution in [2.45, 2.75) is 113 Å². The summed E-state index contributed by atoms with van der Waals surface area (Å²) in [6.07, 6.45) is 15.3. The molecule has 0 aliphatic heterocycles. The first kappa shape index (κ1) is 61.1. The van der Waals surface area contributed by atoms with Gasteiger partial charge in [-0.3, -0.25) is 33.9 Å². The molecule has 4 rings (SSSR count). The minimum atomic E-state index is 0. The third kappa shape index (κ3) is 30.8. The largest absolute Gasteiger partial charge is 0.386 e. The number of likely N-dealkylation sites (N-methyl/N-ethyl adjacent to an activating group) is 2. The van der Waals surface area contributed by atoms with Crippen molar-refractivity contribution in [3.05, 3.63) is 126 Å². The van der Waals surface area contributed by atoms with Crippen molar-refractivity contribution >= 4 is 34.6 Å². The Morgan fingerprint density at radius 3 is 1.81 bits per heavy atom. The molecular weight excluding hydrogens is 841 g/mol. The maximum Gasteiger partial charge on any atom is 0.222 e. The number of carbonyl (C=O) groups is 5. The van der Waals surface area contributed by atoms with Crippen molar-refractivity contribution in [1.82, 2.24) is 30.8 Å². The third-order valence-electron chi connectivity index (χ3n) is 11.2. The number of unbranched alkanes of at least 4 members (excludes halogenated alkanes) is 1. The summed E-state index contributed by atoms with van der Waals surface area (Å²) in [5, 5.41) is 8.86. The quantitative estimate of drug-likeness (QED) is 0.0534. The van der Waals surface area contributed by atoms with Crippen LogP contribution in [0.4, 0.5) is 0 Å². The Hall–Kier alpha value is -5.95. The van der Waals surface area contributed by atoms with Gasteiger partial charge in [0.1, 0.15) is 23.1 Å². The molecule has 3 aromatic rings. The fraction of sp³-hybridized carbons (Fsp3) is 0.500. The summed E-state index contributed by atoms with van der Waals surface area (Å²) in [4.78, 5) is 65.3. The van der Waals surface area contributed by atoms with E-state index in [2.05, 4.69) is 69.4 Å². The predicted molar refractivity (Wildman–Crippen MR) is 286 cm³/mol. The summed E-state index contributed by atoms with van der Waals surface area (Å²) in [5.74, 6) is 2.65. The normalized spacial score (nSPS) is 12.5. The van der Waals surface area contributed by atoms with Crippen LogP contribution in [0.5, 0.6) is 0 Å². The van der Waals surface area contributed by atoms with E-state index in [0.29, 0.717) is 18.1 Å². The second-order valence-corrected chi connectivity index (χ2v) is 17.4. The molecule has 67 heavy (non-hydrogen) atoms. The lowest BCUT2D eigenvalue weighted by atomic mass is 9.94. The van der Waals surface area contributed by atoms with Crippen LogP contribution >= 0.6 is 0 Å². The Kier molecular flexibility index (Phi) is 33.0. The average Bonchev–Trinajstić information content (AvgIpc) is 3.70. The van der Waals surface area contributed by atoms with Crippen LogP contribution in [0, 0.1) is 23.7 Å². The molecule has 0 radical (unpaired) electrons. The number of benzene rings is 1. The Bertz CT molecular complexity index is 1920. The van der Waals surface area contributed by atoms with Gasteiger partial charge in [-0.2, -0.15) is 0 Å². The molecule has 2 heterocycles. The third-order valence-corrected chi connectivity index (χ3v) is 11.2. The Morgan fingerprint density at radius 1 is 0.701 bits per heavy atom. The number of pyridine rings is 2. The number of nitrogens with one attached hydrogen (secondary N) is 3. The van der Waals surface area contributed by atoms with E-state index in [-0.39, 0.29) is 59.8 Å². The number of nitrogens with two attached hydrogens (primary N) is 2. The number of hydrogen-bond acceptors (Lipinski definition) is 12.